The smallest absolute Gasteiger partial charge is 0.191 e. The number of aliphatic hydroxyl groups is 2. The number of hydrogen-bond donors (Lipinski definition) is 2. The average molecular weight is 935 g/mol. The van der Waals surface area contributed by atoms with Gasteiger partial charge in [-0.3, -0.25) is 0 Å². The van der Waals surface area contributed by atoms with Gasteiger partial charge in [-0.2, -0.15) is 0 Å². The van der Waals surface area contributed by atoms with Gasteiger partial charge in [0.15, 0.2) is 16.6 Å². The largest absolute Gasteiger partial charge is 0.493 e. The van der Waals surface area contributed by atoms with Crippen LogP contribution >= 0.6 is 0 Å². The Bertz CT molecular complexity index is 2350. The number of benzene rings is 4. The van der Waals surface area contributed by atoms with Crippen molar-refractivity contribution in [3.8, 4) is 34.1 Å². The van der Waals surface area contributed by atoms with Crippen LogP contribution in [0.25, 0.3) is 44.6 Å². The Labute approximate surface area is 397 Å². The standard InChI is InChI=1S/C28H40O5Si.C28H38O3Si/c1-28(2,3)34(4,5)32-18-10-14-25(30)24(29)13-9-17-31-23-16-15-22-19-26(33-27(22)20-23)21-11-7-6-8-12-21;1-28(2,3)32(4,5)30-20-14-9-7-6-8-13-19-29-25-18-17-24-21-26(31-27(24)22-25)23-15-11-10-12-16-23/h6-8,11-12,15-16,19-20,24-25,29-30H,9-10,13-14,17-18H2,1-5H3;6-7,10-12,15-18,21-22H,8-9,13-14,19-20H2,1-5H3/b;7-6+. The highest BCUT2D eigenvalue weighted by Gasteiger charge is 2.37. The first-order chi connectivity index (χ1) is 31.3. The molecule has 0 fully saturated rings. The zero-order valence-electron chi connectivity index (χ0n) is 41.5. The Morgan fingerprint density at radius 3 is 1.30 bits per heavy atom. The molecule has 2 N–H and O–H groups in total. The zero-order chi connectivity index (χ0) is 47.8. The minimum absolute atomic E-state index is 0.177. The number of fused-ring (bicyclic) bond motifs is 2. The third-order valence-electron chi connectivity index (χ3n) is 13.1. The fraction of sp³-hybridized carbons (Fsp3) is 0.464. The lowest BCUT2D eigenvalue weighted by molar-refractivity contribution is 0.00410. The van der Waals surface area contributed by atoms with Gasteiger partial charge in [-0.1, -0.05) is 114 Å². The van der Waals surface area contributed by atoms with Crippen LogP contribution < -0.4 is 9.47 Å². The molecule has 0 saturated heterocycles. The first kappa shape index (κ1) is 52.5. The maximum atomic E-state index is 10.3. The second kappa shape index (κ2) is 24.6. The monoisotopic (exact) mass is 935 g/mol. The molecule has 358 valence electrons. The summed E-state index contributed by atoms with van der Waals surface area (Å²) >= 11 is 0. The summed E-state index contributed by atoms with van der Waals surface area (Å²) < 4.78 is 36.2. The molecule has 0 aliphatic heterocycles. The summed E-state index contributed by atoms with van der Waals surface area (Å²) in [6.07, 6.45) is 9.68. The van der Waals surface area contributed by atoms with Gasteiger partial charge >= 0.3 is 0 Å². The molecule has 2 heterocycles. The fourth-order valence-electron chi connectivity index (χ4n) is 6.77. The number of unbranched alkanes of at least 4 members (excludes halogenated alkanes) is 2. The Morgan fingerprint density at radius 1 is 0.500 bits per heavy atom. The number of hydrogen-bond acceptors (Lipinski definition) is 8. The van der Waals surface area contributed by atoms with Crippen LogP contribution in [0.5, 0.6) is 11.5 Å². The molecule has 6 aromatic rings. The molecule has 0 aliphatic carbocycles. The molecule has 6 rings (SSSR count). The van der Waals surface area contributed by atoms with Gasteiger partial charge in [0.05, 0.1) is 25.4 Å². The third-order valence-corrected chi connectivity index (χ3v) is 22.2. The molecule has 0 aliphatic rings. The molecular formula is C56H78O8Si2. The second-order valence-corrected chi connectivity index (χ2v) is 30.1. The van der Waals surface area contributed by atoms with E-state index in [1.54, 1.807) is 0 Å². The van der Waals surface area contributed by atoms with Crippen molar-refractivity contribution in [1.29, 1.82) is 0 Å². The highest BCUT2D eigenvalue weighted by molar-refractivity contribution is 6.74. The molecule has 2 atom stereocenters. The summed E-state index contributed by atoms with van der Waals surface area (Å²) in [5.41, 5.74) is 3.78. The minimum Gasteiger partial charge on any atom is -0.493 e. The van der Waals surface area contributed by atoms with Crippen LogP contribution in [-0.2, 0) is 8.85 Å². The molecule has 0 spiro atoms. The van der Waals surface area contributed by atoms with Gasteiger partial charge in [-0.25, -0.2) is 0 Å². The number of aliphatic hydroxyl groups excluding tert-OH is 2. The maximum Gasteiger partial charge on any atom is 0.191 e. The van der Waals surface area contributed by atoms with E-state index in [0.717, 1.165) is 94.8 Å². The Balaban J connectivity index is 0.000000248. The second-order valence-electron chi connectivity index (χ2n) is 20.4. The molecule has 2 unspecified atom stereocenters. The van der Waals surface area contributed by atoms with Crippen LogP contribution in [0, 0.1) is 0 Å². The van der Waals surface area contributed by atoms with Gasteiger partial charge in [-0.05, 0) is 124 Å². The van der Waals surface area contributed by atoms with Crippen LogP contribution in [0.15, 0.2) is 130 Å². The average Bonchev–Trinajstić information content (AvgIpc) is 3.92. The third kappa shape index (κ3) is 16.1. The SMILES string of the molecule is CC(C)(C)[Si](C)(C)OCCC/C=C/CCCOc1ccc2cc(-c3ccccc3)oc2c1.CC(C)(C)[Si](C)(C)OCCCC(O)C(O)CCCOc1ccc2cc(-c3ccccc3)oc2c1. The molecule has 0 bridgehead atoms. The Kier molecular flexibility index (Phi) is 19.5. The van der Waals surface area contributed by atoms with Crippen molar-refractivity contribution >= 4 is 38.6 Å². The minimum atomic E-state index is -1.76. The highest BCUT2D eigenvalue weighted by atomic mass is 28.4. The normalized spacial score (nSPS) is 13.5. The van der Waals surface area contributed by atoms with Crippen molar-refractivity contribution in [2.24, 2.45) is 0 Å². The van der Waals surface area contributed by atoms with Crippen LogP contribution in [0.2, 0.25) is 36.3 Å². The van der Waals surface area contributed by atoms with Crippen molar-refractivity contribution < 1.29 is 37.4 Å². The molecule has 4 aromatic carbocycles. The number of furan rings is 2. The predicted octanol–water partition coefficient (Wildman–Crippen LogP) is 15.4. The first-order valence-corrected chi connectivity index (χ1v) is 29.9. The zero-order valence-corrected chi connectivity index (χ0v) is 43.5. The van der Waals surface area contributed by atoms with Crippen molar-refractivity contribution in [1.82, 2.24) is 0 Å². The van der Waals surface area contributed by atoms with E-state index in [1.165, 1.54) is 0 Å². The molecule has 0 saturated carbocycles. The predicted molar refractivity (Wildman–Crippen MR) is 279 cm³/mol. The van der Waals surface area contributed by atoms with E-state index in [0.29, 0.717) is 39.1 Å². The highest BCUT2D eigenvalue weighted by Crippen LogP contribution is 2.38. The molecule has 0 radical (unpaired) electrons. The molecular weight excluding hydrogens is 857 g/mol. The number of ether oxygens (including phenoxy) is 2. The van der Waals surface area contributed by atoms with E-state index >= 15 is 0 Å². The lowest BCUT2D eigenvalue weighted by atomic mass is 10.0. The van der Waals surface area contributed by atoms with Gasteiger partial charge in [-0.15, -0.1) is 0 Å². The quantitative estimate of drug-likeness (QED) is 0.0372. The van der Waals surface area contributed by atoms with Gasteiger partial charge < -0.3 is 37.4 Å². The fourth-order valence-corrected chi connectivity index (χ4v) is 8.94. The lowest BCUT2D eigenvalue weighted by Crippen LogP contribution is -2.41. The van der Waals surface area contributed by atoms with Gasteiger partial charge in [0, 0.05) is 47.2 Å². The Morgan fingerprint density at radius 2 is 0.879 bits per heavy atom. The van der Waals surface area contributed by atoms with Gasteiger partial charge in [0.2, 0.25) is 0 Å². The number of rotatable bonds is 23. The van der Waals surface area contributed by atoms with Gasteiger partial charge in [0.25, 0.3) is 0 Å². The van der Waals surface area contributed by atoms with Crippen molar-refractivity contribution in [3.05, 3.63) is 121 Å². The molecule has 2 aromatic heterocycles. The summed E-state index contributed by atoms with van der Waals surface area (Å²) in [6, 6.07) is 36.2. The number of allylic oxidation sites excluding steroid dienone is 2. The summed E-state index contributed by atoms with van der Waals surface area (Å²) in [5.74, 6) is 3.31. The van der Waals surface area contributed by atoms with Crippen molar-refractivity contribution in [2.45, 2.75) is 141 Å². The van der Waals surface area contributed by atoms with E-state index in [1.807, 2.05) is 84.9 Å². The topological polar surface area (TPSA) is 104 Å². The summed E-state index contributed by atoms with van der Waals surface area (Å²) in [5, 5.41) is 23.2. The molecule has 10 heteroatoms. The maximum absolute atomic E-state index is 10.3. The molecule has 66 heavy (non-hydrogen) atoms. The first-order valence-electron chi connectivity index (χ1n) is 24.1. The summed E-state index contributed by atoms with van der Waals surface area (Å²) in [6.45, 7) is 25.3. The van der Waals surface area contributed by atoms with Crippen LogP contribution in [0.1, 0.15) is 92.9 Å². The lowest BCUT2D eigenvalue weighted by Gasteiger charge is -2.36. The van der Waals surface area contributed by atoms with Crippen LogP contribution in [-0.4, -0.2) is 65.5 Å². The van der Waals surface area contributed by atoms with Crippen molar-refractivity contribution in [2.75, 3.05) is 26.4 Å². The summed E-state index contributed by atoms with van der Waals surface area (Å²) in [4.78, 5) is 0. The van der Waals surface area contributed by atoms with Crippen LogP contribution in [0.4, 0.5) is 0 Å². The van der Waals surface area contributed by atoms with E-state index in [2.05, 4.69) is 104 Å². The van der Waals surface area contributed by atoms with Gasteiger partial charge in [0.1, 0.15) is 34.2 Å². The molecule has 0 amide bonds. The van der Waals surface area contributed by atoms with E-state index in [-0.39, 0.29) is 10.1 Å². The van der Waals surface area contributed by atoms with E-state index < -0.39 is 28.8 Å². The van der Waals surface area contributed by atoms with Crippen molar-refractivity contribution in [3.63, 3.8) is 0 Å². The Hall–Kier alpha value is -4.43. The van der Waals surface area contributed by atoms with E-state index in [4.69, 9.17) is 27.2 Å². The molecule has 8 nitrogen and oxygen atoms in total. The van der Waals surface area contributed by atoms with Crippen LogP contribution in [0.3, 0.4) is 0 Å². The van der Waals surface area contributed by atoms with E-state index in [9.17, 15) is 10.2 Å². The summed E-state index contributed by atoms with van der Waals surface area (Å²) in [7, 11) is -3.37.